The summed E-state index contributed by atoms with van der Waals surface area (Å²) in [6.07, 6.45) is -7.23. The quantitative estimate of drug-likeness (QED) is 0.0164. The molecule has 63 heavy (non-hydrogen) atoms. The fraction of sp³-hybridized carbons (Fsp3) is 0.565. The Morgan fingerprint density at radius 2 is 1.10 bits per heavy atom. The van der Waals surface area contributed by atoms with Crippen LogP contribution in [0, 0.1) is 0 Å². The molecule has 0 radical (unpaired) electrons. The van der Waals surface area contributed by atoms with Gasteiger partial charge >= 0.3 is 152 Å². The number of nitrogen functional groups attached to an aromatic ring is 2. The minimum Gasteiger partial charge on any atom is -0.387 e. The van der Waals surface area contributed by atoms with Crippen LogP contribution in [-0.2, 0) is 52.6 Å². The third kappa shape index (κ3) is 13.2. The zero-order valence-electron chi connectivity index (χ0n) is 33.4. The van der Waals surface area contributed by atoms with Crippen molar-refractivity contribution >= 4 is 122 Å². The minimum atomic E-state index is -6.29. The number of hydrogen-bond donors (Lipinski definition) is 10. The summed E-state index contributed by atoms with van der Waals surface area (Å²) in [7, 11) is -18.3. The summed E-state index contributed by atoms with van der Waals surface area (Å²) in [6, 6.07) is 0. The second-order valence-corrected chi connectivity index (χ2v) is 25.0. The fourth-order valence-corrected chi connectivity index (χ4v) is 14.4. The van der Waals surface area contributed by atoms with Crippen molar-refractivity contribution < 1.29 is 199 Å². The molecule has 0 bridgehead atoms. The van der Waals surface area contributed by atoms with Gasteiger partial charge in [-0.3, -0.25) is 22.8 Å². The number of aliphatic hydroxyl groups is 4. The molecule has 0 spiro atoms. The number of fused-ring (bicyclic) bond motifs is 2. The summed E-state index contributed by atoms with van der Waals surface area (Å²) in [5, 5.41) is 43.2. The van der Waals surface area contributed by atoms with Gasteiger partial charge in [-0.05, 0) is 24.3 Å². The van der Waals surface area contributed by atoms with E-state index in [0.717, 1.165) is 23.5 Å². The number of nitrogens with zero attached hydrogens (tertiary/aromatic N) is 8. The molecular formula is C23H32Cl2N10Na4O17P4S3+4. The monoisotopic (exact) mass is 1100 g/mol. The summed E-state index contributed by atoms with van der Waals surface area (Å²) >= 11 is 18.5. The number of thioether (sulfide) groups is 2. The smallest absolute Gasteiger partial charge is 0.387 e. The first-order valence-electron chi connectivity index (χ1n) is 15.9. The van der Waals surface area contributed by atoms with E-state index in [1.807, 2.05) is 0 Å². The van der Waals surface area contributed by atoms with Crippen molar-refractivity contribution in [2.45, 2.75) is 63.2 Å². The maximum Gasteiger partial charge on any atom is 1.00 e. The van der Waals surface area contributed by atoms with Gasteiger partial charge in [0.25, 0.3) is 0 Å². The van der Waals surface area contributed by atoms with Crippen LogP contribution in [0.1, 0.15) is 12.5 Å². The first-order valence-corrected chi connectivity index (χ1v) is 26.3. The van der Waals surface area contributed by atoms with Crippen LogP contribution in [0.15, 0.2) is 23.0 Å². The van der Waals surface area contributed by atoms with E-state index in [0.29, 0.717) is 0 Å². The Kier molecular flexibility index (Phi) is 23.6. The predicted molar refractivity (Wildman–Crippen MR) is 209 cm³/mol. The van der Waals surface area contributed by atoms with Crippen molar-refractivity contribution in [3.8, 4) is 0 Å². The van der Waals surface area contributed by atoms with Gasteiger partial charge in [0.1, 0.15) is 47.7 Å². The normalized spacial score (nSPS) is 27.5. The van der Waals surface area contributed by atoms with Gasteiger partial charge in [-0.2, -0.15) is 0 Å². The average molecular weight is 1100 g/mol. The first kappa shape index (κ1) is 61.9. The van der Waals surface area contributed by atoms with Crippen LogP contribution in [0.25, 0.3) is 22.3 Å². The summed E-state index contributed by atoms with van der Waals surface area (Å²) < 4.78 is 67.0. The molecule has 27 nitrogen and oxygen atoms in total. The van der Waals surface area contributed by atoms with Crippen molar-refractivity contribution in [2.75, 3.05) is 37.2 Å². The van der Waals surface area contributed by atoms with Crippen LogP contribution >= 0.6 is 76.5 Å². The van der Waals surface area contributed by atoms with Crippen LogP contribution in [-0.4, -0.2) is 145 Å². The molecule has 6 rings (SSSR count). The number of nitrogens with two attached hydrogens (primary N) is 2. The van der Waals surface area contributed by atoms with E-state index in [4.69, 9.17) is 60.5 Å². The van der Waals surface area contributed by atoms with Crippen LogP contribution in [0.5, 0.6) is 0 Å². The van der Waals surface area contributed by atoms with Gasteiger partial charge in [-0.1, -0.05) is 46.7 Å². The van der Waals surface area contributed by atoms with Crippen LogP contribution < -0.4 is 130 Å². The Bertz CT molecular complexity index is 2300. The summed E-state index contributed by atoms with van der Waals surface area (Å²) in [6.45, 7) is -7.15. The number of hydrogen-bond acceptors (Lipinski definition) is 24. The Balaban J connectivity index is 0.00000341. The van der Waals surface area contributed by atoms with E-state index in [9.17, 15) is 53.7 Å². The average Bonchev–Trinajstić information content (AvgIpc) is 3.90. The number of halogens is 2. The molecule has 0 saturated carbocycles. The van der Waals surface area contributed by atoms with Gasteiger partial charge in [0.05, 0.1) is 25.9 Å². The molecule has 40 heteroatoms. The third-order valence-corrected chi connectivity index (χ3v) is 20.2. The second kappa shape index (κ2) is 24.0. The summed E-state index contributed by atoms with van der Waals surface area (Å²) in [5.74, 6) is 0.0136. The molecule has 2 aliphatic heterocycles. The van der Waals surface area contributed by atoms with Crippen molar-refractivity contribution in [1.82, 2.24) is 39.0 Å². The topological polar surface area (TPSA) is 408 Å². The zero-order valence-corrected chi connectivity index (χ0v) is 49.0. The molecule has 328 valence electrons. The Hall–Kier alpha value is 2.76. The molecule has 2 fully saturated rings. The molecule has 0 amide bonds. The van der Waals surface area contributed by atoms with E-state index in [-0.39, 0.29) is 163 Å². The molecular weight excluding hydrogens is 1070 g/mol. The van der Waals surface area contributed by atoms with Crippen LogP contribution in [0.4, 0.5) is 11.6 Å². The van der Waals surface area contributed by atoms with Gasteiger partial charge in [0, 0.05) is 0 Å². The predicted octanol–water partition coefficient (Wildman–Crippen LogP) is -11.6. The largest absolute Gasteiger partial charge is 1.00 e. The van der Waals surface area contributed by atoms with Crippen LogP contribution in [0.3, 0.4) is 0 Å². The van der Waals surface area contributed by atoms with E-state index in [1.54, 1.807) is 12.5 Å². The molecule has 2 saturated heterocycles. The van der Waals surface area contributed by atoms with Crippen LogP contribution in [0.2, 0.25) is 0 Å². The summed E-state index contributed by atoms with van der Waals surface area (Å²) in [5.41, 5.74) is 12.3. The van der Waals surface area contributed by atoms with Gasteiger partial charge < -0.3 is 65.5 Å². The zero-order chi connectivity index (χ0) is 43.6. The molecule has 4 aromatic heterocycles. The van der Waals surface area contributed by atoms with Gasteiger partial charge in [0.2, 0.25) is 0 Å². The van der Waals surface area contributed by atoms with Crippen molar-refractivity contribution in [2.24, 2.45) is 0 Å². The second-order valence-electron chi connectivity index (χ2n) is 12.2. The molecule has 12 N–H and O–H groups in total. The van der Waals surface area contributed by atoms with E-state index < -0.39 is 95.8 Å². The summed E-state index contributed by atoms with van der Waals surface area (Å²) in [4.78, 5) is 66.7. The number of phosphoric acid groups is 1. The van der Waals surface area contributed by atoms with Crippen molar-refractivity contribution in [3.05, 3.63) is 12.7 Å². The van der Waals surface area contributed by atoms with Gasteiger partial charge in [-0.15, -0.1) is 0 Å². The molecule has 4 aromatic rings. The first-order chi connectivity index (χ1) is 27.3. The molecule has 0 aliphatic carbocycles. The van der Waals surface area contributed by atoms with Crippen molar-refractivity contribution in [3.63, 3.8) is 0 Å². The number of anilines is 2. The number of alkyl halides is 2. The third-order valence-electron chi connectivity index (χ3n) is 8.36. The number of rotatable bonds is 16. The van der Waals surface area contributed by atoms with Gasteiger partial charge in [0.15, 0.2) is 45.7 Å². The molecule has 12 atom stereocenters. The Labute approximate surface area is 467 Å². The fourth-order valence-electron chi connectivity index (χ4n) is 5.50. The minimum absolute atomic E-state index is 0. The Morgan fingerprint density at radius 3 is 1.49 bits per heavy atom. The van der Waals surface area contributed by atoms with E-state index >= 15 is 0 Å². The molecule has 4 unspecified atom stereocenters. The molecule has 6 heterocycles. The molecule has 0 aromatic carbocycles. The number of phosphoric ester groups is 1. The maximum atomic E-state index is 13.2. The maximum absolute atomic E-state index is 13.2. The number of imidazole rings is 2. The SMILES string of the molecule is CSc1nc(N)c2ncn([C@@H]3O[C@H](COP(=O)(O)OP(=O)(O)C(Cl)(Cl)P(=O)(O)OP(O)(=S)OC[C@H]4O[C@@H](n5cnc6c(N)nc(SC)nc65)[C@H](O)[C@@H]4O)[C@@H](O)[C@H]3O)c2n1.[Na+].[Na+].[Na+].[Na+]. The van der Waals surface area contributed by atoms with Gasteiger partial charge in [-0.25, -0.2) is 43.1 Å². The standard InChI is InChI=1S/C23H32Cl2N10O17P4S3.4Na/c1-58-21-30-15(26)9-17(32-21)34(5-28-9)19-13(38)11(36)7(49-19)3-47-55(44,45)51-53(40,41)23(24,25)54(42,43)52-56(46,57)48-4-8-12(37)14(39)20(50-8)35-6-29-10-16(27)31-22(59-2)33-18(10)35;;;;/h5-8,11-14,19-20,36-39H,3-4H2,1-2H3,(H,40,41)(H,42,43)(H,44,45)(H,46,57)(H2,26,30,32)(H2,27,31,33);;;;/q;4*+1/t7-,8-,11-,12-,13-,14-,19-,20-,56?;;;;/m1..../s1. The van der Waals surface area contributed by atoms with E-state index in [2.05, 4.69) is 43.0 Å². The Morgan fingerprint density at radius 1 is 0.714 bits per heavy atom. The van der Waals surface area contributed by atoms with E-state index in [1.165, 1.54) is 21.8 Å². The molecule has 2 aliphatic rings. The number of aliphatic hydroxyl groups excluding tert-OH is 4. The number of aromatic nitrogens is 8. The van der Waals surface area contributed by atoms with Crippen molar-refractivity contribution in [1.29, 1.82) is 0 Å². The number of ether oxygens (including phenoxy) is 2.